The first-order chi connectivity index (χ1) is 12.0. The van der Waals surface area contributed by atoms with Gasteiger partial charge in [0.2, 0.25) is 0 Å². The van der Waals surface area contributed by atoms with E-state index in [4.69, 9.17) is 21.1 Å². The summed E-state index contributed by atoms with van der Waals surface area (Å²) in [7, 11) is 1.57. The number of benzene rings is 2. The fraction of sp³-hybridized carbons (Fsp3) is 0.188. The smallest absolute Gasteiger partial charge is 0.293 e. The molecule has 1 heterocycles. The van der Waals surface area contributed by atoms with Crippen LogP contribution in [-0.2, 0) is 0 Å². The topological polar surface area (TPSA) is 103 Å². The summed E-state index contributed by atoms with van der Waals surface area (Å²) in [4.78, 5) is 23.0. The molecule has 2 aromatic rings. The van der Waals surface area contributed by atoms with E-state index >= 15 is 0 Å². The van der Waals surface area contributed by atoms with Crippen molar-refractivity contribution in [2.24, 2.45) is 0 Å². The van der Waals surface area contributed by atoms with Crippen molar-refractivity contribution < 1.29 is 19.2 Å². The quantitative estimate of drug-likeness (QED) is 0.638. The molecule has 130 valence electrons. The van der Waals surface area contributed by atoms with Crippen molar-refractivity contribution in [2.45, 2.75) is 0 Å². The number of rotatable bonds is 4. The number of hydrogen-bond acceptors (Lipinski definition) is 6. The van der Waals surface area contributed by atoms with Crippen molar-refractivity contribution >= 4 is 34.6 Å². The average Bonchev–Trinajstić information content (AvgIpc) is 2.61. The van der Waals surface area contributed by atoms with E-state index in [-0.39, 0.29) is 16.3 Å². The zero-order chi connectivity index (χ0) is 18.0. The van der Waals surface area contributed by atoms with Gasteiger partial charge in [0.1, 0.15) is 18.9 Å². The fourth-order valence-electron chi connectivity index (χ4n) is 2.39. The lowest BCUT2D eigenvalue weighted by molar-refractivity contribution is -0.384. The molecular formula is C16H14ClN3O5. The Bertz CT molecular complexity index is 856. The van der Waals surface area contributed by atoms with Crippen LogP contribution in [0, 0.1) is 10.1 Å². The second kappa shape index (κ2) is 6.86. The molecule has 0 radical (unpaired) electrons. The maximum absolute atomic E-state index is 12.4. The van der Waals surface area contributed by atoms with Gasteiger partial charge < -0.3 is 20.1 Å². The van der Waals surface area contributed by atoms with Gasteiger partial charge in [-0.3, -0.25) is 14.9 Å². The lowest BCUT2D eigenvalue weighted by Crippen LogP contribution is -2.17. The molecule has 0 saturated heterocycles. The maximum Gasteiger partial charge on any atom is 0.293 e. The minimum Gasteiger partial charge on any atom is -0.486 e. The van der Waals surface area contributed by atoms with Crippen LogP contribution >= 0.6 is 11.6 Å². The van der Waals surface area contributed by atoms with Crippen molar-refractivity contribution in [2.75, 3.05) is 30.9 Å². The second-order valence-corrected chi connectivity index (χ2v) is 5.58. The largest absolute Gasteiger partial charge is 0.486 e. The van der Waals surface area contributed by atoms with Crippen LogP contribution in [0.2, 0.25) is 5.02 Å². The van der Waals surface area contributed by atoms with Gasteiger partial charge in [0.25, 0.3) is 11.6 Å². The molecule has 1 aliphatic rings. The van der Waals surface area contributed by atoms with Gasteiger partial charge >= 0.3 is 0 Å². The lowest BCUT2D eigenvalue weighted by Gasteiger charge is -2.20. The normalized spacial score (nSPS) is 12.4. The van der Waals surface area contributed by atoms with E-state index in [0.717, 1.165) is 0 Å². The van der Waals surface area contributed by atoms with Gasteiger partial charge in [0.15, 0.2) is 11.5 Å². The first-order valence-corrected chi connectivity index (χ1v) is 7.74. The summed E-state index contributed by atoms with van der Waals surface area (Å²) in [6.45, 7) is 0.830. The summed E-state index contributed by atoms with van der Waals surface area (Å²) in [5.74, 6) is 0.454. The van der Waals surface area contributed by atoms with Crippen LogP contribution in [0.15, 0.2) is 30.3 Å². The highest BCUT2D eigenvalue weighted by Crippen LogP contribution is 2.38. The number of nitrogens with one attached hydrogen (secondary N) is 2. The average molecular weight is 364 g/mol. The Labute approximate surface area is 147 Å². The number of carbonyl (C=O) groups is 1. The Morgan fingerprint density at radius 2 is 1.84 bits per heavy atom. The van der Waals surface area contributed by atoms with Gasteiger partial charge in [-0.25, -0.2) is 0 Å². The highest BCUT2D eigenvalue weighted by Gasteiger charge is 2.19. The molecule has 0 bridgehead atoms. The Hall–Kier alpha value is -3.00. The van der Waals surface area contributed by atoms with Crippen LogP contribution in [0.1, 0.15) is 10.4 Å². The molecular weight excluding hydrogens is 350 g/mol. The van der Waals surface area contributed by atoms with Crippen molar-refractivity contribution in [3.05, 3.63) is 51.0 Å². The van der Waals surface area contributed by atoms with Crippen molar-refractivity contribution in [1.29, 1.82) is 0 Å². The first kappa shape index (κ1) is 16.8. The van der Waals surface area contributed by atoms with Crippen molar-refractivity contribution in [3.8, 4) is 11.5 Å². The summed E-state index contributed by atoms with van der Waals surface area (Å²) in [6, 6.07) is 7.27. The van der Waals surface area contributed by atoms with Gasteiger partial charge in [0, 0.05) is 30.8 Å². The van der Waals surface area contributed by atoms with Gasteiger partial charge in [-0.1, -0.05) is 11.6 Å². The van der Waals surface area contributed by atoms with E-state index in [1.807, 2.05) is 0 Å². The molecule has 0 aromatic heterocycles. The van der Waals surface area contributed by atoms with Crippen LogP contribution in [0.3, 0.4) is 0 Å². The fourth-order valence-corrected chi connectivity index (χ4v) is 2.59. The van der Waals surface area contributed by atoms with Crippen LogP contribution < -0.4 is 20.1 Å². The van der Waals surface area contributed by atoms with Crippen molar-refractivity contribution in [1.82, 2.24) is 0 Å². The number of amides is 1. The molecule has 8 nitrogen and oxygen atoms in total. The highest BCUT2D eigenvalue weighted by molar-refractivity contribution is 6.34. The molecule has 9 heteroatoms. The van der Waals surface area contributed by atoms with Crippen LogP contribution in [0.25, 0.3) is 0 Å². The number of nitrogens with zero attached hydrogens (tertiary/aromatic N) is 1. The standard InChI is InChI=1S/C16H14ClN3O5/c1-18-11-3-2-9(6-13(11)20(22)23)16(21)19-12-8-15-14(7-10(12)17)24-4-5-25-15/h2-3,6-8,18H,4-5H2,1H3,(H,19,21). The molecule has 0 fully saturated rings. The number of carbonyl (C=O) groups excluding carboxylic acids is 1. The monoisotopic (exact) mass is 363 g/mol. The van der Waals surface area contributed by atoms with Crippen LogP contribution in [0.5, 0.6) is 11.5 Å². The van der Waals surface area contributed by atoms with Gasteiger partial charge in [-0.15, -0.1) is 0 Å². The van der Waals surface area contributed by atoms with Gasteiger partial charge in [-0.2, -0.15) is 0 Å². The number of anilines is 2. The van der Waals surface area contributed by atoms with E-state index in [0.29, 0.717) is 36.1 Å². The molecule has 1 aliphatic heterocycles. The highest BCUT2D eigenvalue weighted by atomic mass is 35.5. The maximum atomic E-state index is 12.4. The predicted molar refractivity (Wildman–Crippen MR) is 93.0 cm³/mol. The molecule has 2 aromatic carbocycles. The van der Waals surface area contributed by atoms with E-state index in [2.05, 4.69) is 10.6 Å². The van der Waals surface area contributed by atoms with Crippen LogP contribution in [0.4, 0.5) is 17.1 Å². The second-order valence-electron chi connectivity index (χ2n) is 5.17. The number of fused-ring (bicyclic) bond motifs is 1. The third kappa shape index (κ3) is 3.43. The summed E-state index contributed by atoms with van der Waals surface area (Å²) in [5, 5.41) is 16.7. The molecule has 2 N–H and O–H groups in total. The van der Waals surface area contributed by atoms with Gasteiger partial charge in [-0.05, 0) is 12.1 Å². The first-order valence-electron chi connectivity index (χ1n) is 7.36. The minimum absolute atomic E-state index is 0.136. The number of hydrogen-bond donors (Lipinski definition) is 2. The summed E-state index contributed by atoms with van der Waals surface area (Å²) in [5.41, 5.74) is 0.593. The Balaban J connectivity index is 1.88. The van der Waals surface area contributed by atoms with E-state index < -0.39 is 10.8 Å². The number of nitro benzene ring substituents is 1. The molecule has 3 rings (SSSR count). The Morgan fingerprint density at radius 3 is 2.48 bits per heavy atom. The van der Waals surface area contributed by atoms with E-state index in [1.165, 1.54) is 18.2 Å². The zero-order valence-corrected chi connectivity index (χ0v) is 13.9. The SMILES string of the molecule is CNc1ccc(C(=O)Nc2cc3c(cc2Cl)OCCO3)cc1[N+](=O)[O-]. The zero-order valence-electron chi connectivity index (χ0n) is 13.2. The molecule has 0 unspecified atom stereocenters. The Morgan fingerprint density at radius 1 is 1.16 bits per heavy atom. The molecule has 0 aliphatic carbocycles. The predicted octanol–water partition coefficient (Wildman–Crippen LogP) is 3.31. The third-order valence-electron chi connectivity index (χ3n) is 3.61. The molecule has 0 atom stereocenters. The van der Waals surface area contributed by atoms with Crippen molar-refractivity contribution in [3.63, 3.8) is 0 Å². The van der Waals surface area contributed by atoms with Crippen LogP contribution in [-0.4, -0.2) is 31.1 Å². The van der Waals surface area contributed by atoms with E-state index in [9.17, 15) is 14.9 Å². The summed E-state index contributed by atoms with van der Waals surface area (Å²) >= 11 is 6.15. The number of halogens is 1. The lowest BCUT2D eigenvalue weighted by atomic mass is 10.1. The third-order valence-corrected chi connectivity index (χ3v) is 3.92. The minimum atomic E-state index is -0.556. The van der Waals surface area contributed by atoms with Gasteiger partial charge in [0.05, 0.1) is 15.6 Å². The Kier molecular flexibility index (Phi) is 4.62. The molecule has 0 spiro atoms. The molecule has 0 saturated carbocycles. The molecule has 1 amide bonds. The summed E-state index contributed by atoms with van der Waals surface area (Å²) < 4.78 is 10.9. The number of ether oxygens (including phenoxy) is 2. The van der Waals surface area contributed by atoms with E-state index in [1.54, 1.807) is 19.2 Å². The summed E-state index contributed by atoms with van der Waals surface area (Å²) in [6.07, 6.45) is 0. The number of nitro groups is 1. The molecule has 25 heavy (non-hydrogen) atoms.